The van der Waals surface area contributed by atoms with Crippen LogP contribution < -0.4 is 5.32 Å². The van der Waals surface area contributed by atoms with Crippen molar-refractivity contribution in [3.8, 4) is 0 Å². The lowest BCUT2D eigenvalue weighted by Crippen LogP contribution is -2.45. The van der Waals surface area contributed by atoms with Crippen LogP contribution in [-0.4, -0.2) is 47.4 Å². The third kappa shape index (κ3) is 61.6. The Morgan fingerprint density at radius 1 is 0.368 bits per heavy atom. The van der Waals surface area contributed by atoms with Gasteiger partial charge in [-0.15, -0.1) is 0 Å². The number of rotatable bonds is 65. The summed E-state index contributed by atoms with van der Waals surface area (Å²) in [6.07, 6.45) is 82.3. The number of hydrogen-bond acceptors (Lipinski definition) is 5. The van der Waals surface area contributed by atoms with Gasteiger partial charge in [-0.05, 0) is 57.8 Å². The largest absolute Gasteiger partial charge is 0.466 e. The fraction of sp³-hybridized carbons (Fsp3) is 0.914. The summed E-state index contributed by atoms with van der Waals surface area (Å²) in [6, 6.07) is -0.539. The predicted molar refractivity (Wildman–Crippen MR) is 333 cm³/mol. The Balaban J connectivity index is 3.35. The molecular formula is C70H135NO5. The van der Waals surface area contributed by atoms with Crippen molar-refractivity contribution in [2.75, 3.05) is 13.2 Å². The molecule has 0 aliphatic heterocycles. The average molecular weight is 1070 g/mol. The zero-order valence-corrected chi connectivity index (χ0v) is 51.5. The third-order valence-electron chi connectivity index (χ3n) is 16.3. The van der Waals surface area contributed by atoms with Gasteiger partial charge in [-0.25, -0.2) is 0 Å². The van der Waals surface area contributed by atoms with E-state index in [1.165, 1.54) is 308 Å². The van der Waals surface area contributed by atoms with Crippen molar-refractivity contribution in [1.82, 2.24) is 5.32 Å². The molecule has 6 nitrogen and oxygen atoms in total. The lowest BCUT2D eigenvalue weighted by molar-refractivity contribution is -0.143. The Morgan fingerprint density at radius 3 is 1.00 bits per heavy atom. The molecule has 450 valence electrons. The first kappa shape index (κ1) is 74.3. The van der Waals surface area contributed by atoms with E-state index in [0.717, 1.165) is 44.9 Å². The molecule has 0 heterocycles. The maximum absolute atomic E-state index is 12.5. The van der Waals surface area contributed by atoms with E-state index < -0.39 is 12.1 Å². The summed E-state index contributed by atoms with van der Waals surface area (Å²) in [5.74, 6) is -0.0160. The van der Waals surface area contributed by atoms with Crippen LogP contribution in [0.4, 0.5) is 0 Å². The van der Waals surface area contributed by atoms with Crippen LogP contribution in [0.2, 0.25) is 0 Å². The molecule has 0 bridgehead atoms. The highest BCUT2D eigenvalue weighted by atomic mass is 16.5. The van der Waals surface area contributed by atoms with E-state index in [2.05, 4.69) is 43.5 Å². The number of carbonyl (C=O) groups excluding carboxylic acids is 2. The van der Waals surface area contributed by atoms with Crippen molar-refractivity contribution in [2.45, 2.75) is 398 Å². The number of amides is 1. The monoisotopic (exact) mass is 1070 g/mol. The first-order valence-corrected chi connectivity index (χ1v) is 34.6. The number of carbonyl (C=O) groups is 2. The first-order valence-electron chi connectivity index (χ1n) is 34.6. The van der Waals surface area contributed by atoms with Gasteiger partial charge in [0.2, 0.25) is 5.91 Å². The Bertz CT molecular complexity index is 1190. The zero-order chi connectivity index (χ0) is 55.0. The van der Waals surface area contributed by atoms with Crippen LogP contribution in [0.1, 0.15) is 386 Å². The maximum atomic E-state index is 12.5. The molecule has 0 spiro atoms. The zero-order valence-electron chi connectivity index (χ0n) is 51.5. The molecule has 0 aromatic heterocycles. The van der Waals surface area contributed by atoms with Crippen molar-refractivity contribution >= 4 is 11.9 Å². The van der Waals surface area contributed by atoms with Gasteiger partial charge in [0.05, 0.1) is 25.4 Å². The molecular weight excluding hydrogens is 935 g/mol. The SMILES string of the molecule is CCCCCCCCCCCCCCCCCCCC(=O)OCCCCCCCCCCC/C=C\C/C=C\CCCCCCCCCCCCCCCCCC(=O)NC(CO)C(O)CCCCCCCCCCCCC. The number of aliphatic hydroxyl groups is 2. The van der Waals surface area contributed by atoms with Crippen LogP contribution in [0.5, 0.6) is 0 Å². The molecule has 0 saturated carbocycles. The van der Waals surface area contributed by atoms with Gasteiger partial charge in [-0.2, -0.15) is 0 Å². The average Bonchev–Trinajstić information content (AvgIpc) is 3.42. The quantitative estimate of drug-likeness (QED) is 0.0320. The van der Waals surface area contributed by atoms with E-state index in [-0.39, 0.29) is 18.5 Å². The van der Waals surface area contributed by atoms with Crippen molar-refractivity contribution in [1.29, 1.82) is 0 Å². The molecule has 1 amide bonds. The molecule has 2 atom stereocenters. The minimum absolute atomic E-state index is 0.0177. The first-order chi connectivity index (χ1) is 37.5. The van der Waals surface area contributed by atoms with Crippen molar-refractivity contribution in [2.24, 2.45) is 0 Å². The summed E-state index contributed by atoms with van der Waals surface area (Å²) in [5.41, 5.74) is 0. The smallest absolute Gasteiger partial charge is 0.305 e. The maximum Gasteiger partial charge on any atom is 0.305 e. The number of hydrogen-bond donors (Lipinski definition) is 3. The molecule has 3 N–H and O–H groups in total. The van der Waals surface area contributed by atoms with Crippen LogP contribution in [-0.2, 0) is 14.3 Å². The Hall–Kier alpha value is -1.66. The Labute approximate surface area is 475 Å². The second kappa shape index (κ2) is 65.9. The highest BCUT2D eigenvalue weighted by Gasteiger charge is 2.20. The van der Waals surface area contributed by atoms with Crippen molar-refractivity contribution < 1.29 is 24.5 Å². The van der Waals surface area contributed by atoms with E-state index in [1.54, 1.807) is 0 Å². The van der Waals surface area contributed by atoms with Crippen LogP contribution in [0, 0.1) is 0 Å². The van der Waals surface area contributed by atoms with E-state index in [0.29, 0.717) is 25.9 Å². The van der Waals surface area contributed by atoms with Gasteiger partial charge in [0, 0.05) is 12.8 Å². The molecule has 2 unspecified atom stereocenters. The minimum Gasteiger partial charge on any atom is -0.466 e. The number of aliphatic hydroxyl groups excluding tert-OH is 2. The number of ether oxygens (including phenoxy) is 1. The normalized spacial score (nSPS) is 12.6. The van der Waals surface area contributed by atoms with E-state index in [1.807, 2.05) is 0 Å². The lowest BCUT2D eigenvalue weighted by Gasteiger charge is -2.22. The summed E-state index contributed by atoms with van der Waals surface area (Å²) >= 11 is 0. The molecule has 6 heteroatoms. The van der Waals surface area contributed by atoms with Gasteiger partial charge in [0.1, 0.15) is 0 Å². The molecule has 0 aliphatic carbocycles. The Kier molecular flexibility index (Phi) is 64.4. The second-order valence-corrected chi connectivity index (χ2v) is 23.9. The summed E-state index contributed by atoms with van der Waals surface area (Å²) in [4.78, 5) is 24.5. The van der Waals surface area contributed by atoms with Crippen LogP contribution >= 0.6 is 0 Å². The highest BCUT2D eigenvalue weighted by Crippen LogP contribution is 2.19. The van der Waals surface area contributed by atoms with Crippen molar-refractivity contribution in [3.05, 3.63) is 24.3 Å². The summed E-state index contributed by atoms with van der Waals surface area (Å²) in [5, 5.41) is 23.2. The number of esters is 1. The summed E-state index contributed by atoms with van der Waals surface area (Å²) in [7, 11) is 0. The Morgan fingerprint density at radius 2 is 0.658 bits per heavy atom. The van der Waals surface area contributed by atoms with Crippen molar-refractivity contribution in [3.63, 3.8) is 0 Å². The third-order valence-corrected chi connectivity index (χ3v) is 16.3. The number of nitrogens with one attached hydrogen (secondary N) is 1. The highest BCUT2D eigenvalue weighted by molar-refractivity contribution is 5.76. The van der Waals surface area contributed by atoms with E-state index in [9.17, 15) is 19.8 Å². The summed E-state index contributed by atoms with van der Waals surface area (Å²) < 4.78 is 5.50. The number of unbranched alkanes of at least 4 members (excludes halogenated alkanes) is 50. The molecule has 76 heavy (non-hydrogen) atoms. The van der Waals surface area contributed by atoms with Gasteiger partial charge in [0.15, 0.2) is 0 Å². The van der Waals surface area contributed by atoms with Crippen LogP contribution in [0.3, 0.4) is 0 Å². The lowest BCUT2D eigenvalue weighted by atomic mass is 10.0. The van der Waals surface area contributed by atoms with E-state index in [4.69, 9.17) is 4.74 Å². The predicted octanol–water partition coefficient (Wildman–Crippen LogP) is 22.1. The van der Waals surface area contributed by atoms with Gasteiger partial charge in [0.25, 0.3) is 0 Å². The topological polar surface area (TPSA) is 95.9 Å². The number of allylic oxidation sites excluding steroid dienone is 4. The molecule has 0 fully saturated rings. The van der Waals surface area contributed by atoms with Crippen LogP contribution in [0.25, 0.3) is 0 Å². The fourth-order valence-corrected chi connectivity index (χ4v) is 11.0. The standard InChI is InChI=1S/C70H135NO5/c1-3-5-7-9-11-13-15-16-17-33-37-40-44-48-52-56-60-64-70(75)76-65-61-57-53-49-45-41-38-35-32-30-28-26-24-22-20-18-19-21-23-25-27-29-31-34-36-39-43-47-51-55-59-63-69(74)71-67(66-72)68(73)62-58-54-50-46-42-14-12-10-8-6-4-2/h20,22,26,28,67-68,72-73H,3-19,21,23-25,27,29-66H2,1-2H3,(H,71,74)/b22-20-,28-26-. The molecule has 0 aliphatic rings. The van der Waals surface area contributed by atoms with Gasteiger partial charge < -0.3 is 20.3 Å². The molecule has 0 aromatic rings. The molecule has 0 radical (unpaired) electrons. The molecule has 0 rings (SSSR count). The summed E-state index contributed by atoms with van der Waals surface area (Å²) in [6.45, 7) is 4.97. The molecule has 0 saturated heterocycles. The fourth-order valence-electron chi connectivity index (χ4n) is 11.0. The van der Waals surface area contributed by atoms with Gasteiger partial charge in [-0.1, -0.05) is 340 Å². The van der Waals surface area contributed by atoms with E-state index >= 15 is 0 Å². The minimum atomic E-state index is -0.662. The van der Waals surface area contributed by atoms with Gasteiger partial charge >= 0.3 is 5.97 Å². The van der Waals surface area contributed by atoms with Crippen LogP contribution in [0.15, 0.2) is 24.3 Å². The second-order valence-electron chi connectivity index (χ2n) is 23.9. The van der Waals surface area contributed by atoms with Gasteiger partial charge in [-0.3, -0.25) is 9.59 Å². The molecule has 0 aromatic carbocycles.